The normalized spacial score (nSPS) is 11.6. The second kappa shape index (κ2) is 11.9. The van der Waals surface area contributed by atoms with Crippen molar-refractivity contribution in [1.29, 1.82) is 0 Å². The molecular formula is C27H32N4O4. The summed E-state index contributed by atoms with van der Waals surface area (Å²) >= 11 is 0. The number of carboxylic acid groups (broad SMARTS) is 1. The van der Waals surface area contributed by atoms with Crippen LogP contribution in [0.3, 0.4) is 0 Å². The lowest BCUT2D eigenvalue weighted by Gasteiger charge is -2.20. The SMILES string of the molecule is COc1cc(NC(=O)C(CC(C)C)NC(=O)O)ccc1-c1ccnc(N(C)Cc2ccccc2)c1. The van der Waals surface area contributed by atoms with Gasteiger partial charge in [-0.3, -0.25) is 4.79 Å². The summed E-state index contributed by atoms with van der Waals surface area (Å²) in [5, 5.41) is 14.2. The third-order valence-electron chi connectivity index (χ3n) is 5.50. The maximum absolute atomic E-state index is 12.7. The van der Waals surface area contributed by atoms with E-state index in [1.54, 1.807) is 25.4 Å². The molecule has 2 aromatic carbocycles. The fourth-order valence-electron chi connectivity index (χ4n) is 3.82. The third-order valence-corrected chi connectivity index (χ3v) is 5.50. The molecule has 0 bridgehead atoms. The van der Waals surface area contributed by atoms with Crippen molar-refractivity contribution < 1.29 is 19.4 Å². The van der Waals surface area contributed by atoms with E-state index in [2.05, 4.69) is 32.7 Å². The van der Waals surface area contributed by atoms with Crippen LogP contribution in [0, 0.1) is 5.92 Å². The molecule has 1 heterocycles. The van der Waals surface area contributed by atoms with E-state index < -0.39 is 18.0 Å². The summed E-state index contributed by atoms with van der Waals surface area (Å²) in [5.74, 6) is 1.14. The molecule has 1 unspecified atom stereocenters. The predicted octanol–water partition coefficient (Wildman–Crippen LogP) is 5.01. The Kier molecular flexibility index (Phi) is 8.67. The first-order valence-electron chi connectivity index (χ1n) is 11.5. The lowest BCUT2D eigenvalue weighted by Crippen LogP contribution is -2.44. The number of carbonyl (C=O) groups excluding carboxylic acids is 1. The topological polar surface area (TPSA) is 104 Å². The van der Waals surface area contributed by atoms with Gasteiger partial charge in [-0.2, -0.15) is 0 Å². The van der Waals surface area contributed by atoms with E-state index >= 15 is 0 Å². The van der Waals surface area contributed by atoms with E-state index in [-0.39, 0.29) is 5.92 Å². The second-order valence-corrected chi connectivity index (χ2v) is 8.78. The van der Waals surface area contributed by atoms with Gasteiger partial charge in [0.2, 0.25) is 5.91 Å². The summed E-state index contributed by atoms with van der Waals surface area (Å²) in [6.07, 6.45) is 0.920. The predicted molar refractivity (Wildman–Crippen MR) is 138 cm³/mol. The summed E-state index contributed by atoms with van der Waals surface area (Å²) in [5.41, 5.74) is 3.49. The number of nitrogens with zero attached hydrogens (tertiary/aromatic N) is 2. The average molecular weight is 477 g/mol. The minimum Gasteiger partial charge on any atom is -0.496 e. The number of carbonyl (C=O) groups is 2. The summed E-state index contributed by atoms with van der Waals surface area (Å²) < 4.78 is 5.61. The molecular weight excluding hydrogens is 444 g/mol. The summed E-state index contributed by atoms with van der Waals surface area (Å²) in [4.78, 5) is 30.4. The van der Waals surface area contributed by atoms with Gasteiger partial charge in [0.05, 0.1) is 7.11 Å². The van der Waals surface area contributed by atoms with E-state index in [0.717, 1.165) is 23.5 Å². The molecule has 0 spiro atoms. The van der Waals surface area contributed by atoms with Gasteiger partial charge in [0.15, 0.2) is 0 Å². The Bertz CT molecular complexity index is 1150. The fraction of sp³-hybridized carbons (Fsp3) is 0.296. The molecule has 8 nitrogen and oxygen atoms in total. The summed E-state index contributed by atoms with van der Waals surface area (Å²) in [6.45, 7) is 4.59. The van der Waals surface area contributed by atoms with Crippen molar-refractivity contribution in [3.63, 3.8) is 0 Å². The van der Waals surface area contributed by atoms with E-state index in [4.69, 9.17) is 9.84 Å². The van der Waals surface area contributed by atoms with Crippen LogP contribution in [0.2, 0.25) is 0 Å². The first-order valence-corrected chi connectivity index (χ1v) is 11.5. The third kappa shape index (κ3) is 7.20. The van der Waals surface area contributed by atoms with Crippen molar-refractivity contribution in [2.75, 3.05) is 24.4 Å². The number of nitrogens with one attached hydrogen (secondary N) is 2. The van der Waals surface area contributed by atoms with Gasteiger partial charge in [-0.15, -0.1) is 0 Å². The number of benzene rings is 2. The Morgan fingerprint density at radius 1 is 1.09 bits per heavy atom. The van der Waals surface area contributed by atoms with Gasteiger partial charge in [0.25, 0.3) is 0 Å². The Morgan fingerprint density at radius 3 is 2.49 bits per heavy atom. The number of ether oxygens (including phenoxy) is 1. The summed E-state index contributed by atoms with van der Waals surface area (Å²) in [6, 6.07) is 18.6. The number of rotatable bonds is 10. The lowest BCUT2D eigenvalue weighted by molar-refractivity contribution is -0.118. The maximum atomic E-state index is 12.7. The molecule has 0 aliphatic carbocycles. The molecule has 1 atom stereocenters. The Balaban J connectivity index is 1.80. The van der Waals surface area contributed by atoms with Crippen molar-refractivity contribution in [1.82, 2.24) is 10.3 Å². The highest BCUT2D eigenvalue weighted by Crippen LogP contribution is 2.34. The van der Waals surface area contributed by atoms with Crippen molar-refractivity contribution in [2.24, 2.45) is 5.92 Å². The Morgan fingerprint density at radius 2 is 1.83 bits per heavy atom. The minimum atomic E-state index is -1.23. The molecule has 1 aromatic heterocycles. The van der Waals surface area contributed by atoms with Gasteiger partial charge in [0, 0.05) is 37.1 Å². The lowest BCUT2D eigenvalue weighted by atomic mass is 10.0. The molecule has 3 aromatic rings. The molecule has 35 heavy (non-hydrogen) atoms. The molecule has 8 heteroatoms. The number of pyridine rings is 1. The first kappa shape index (κ1) is 25.6. The van der Waals surface area contributed by atoms with Crippen LogP contribution < -0.4 is 20.3 Å². The number of amides is 2. The van der Waals surface area contributed by atoms with Gasteiger partial charge < -0.3 is 25.4 Å². The summed E-state index contributed by atoms with van der Waals surface area (Å²) in [7, 11) is 3.56. The quantitative estimate of drug-likeness (QED) is 0.380. The van der Waals surface area contributed by atoms with E-state index in [0.29, 0.717) is 17.9 Å². The molecule has 0 saturated carbocycles. The maximum Gasteiger partial charge on any atom is 0.405 e. The second-order valence-electron chi connectivity index (χ2n) is 8.78. The van der Waals surface area contributed by atoms with Gasteiger partial charge in [0.1, 0.15) is 17.6 Å². The monoisotopic (exact) mass is 476 g/mol. The zero-order chi connectivity index (χ0) is 25.4. The van der Waals surface area contributed by atoms with E-state index in [1.807, 2.05) is 57.3 Å². The van der Waals surface area contributed by atoms with Crippen LogP contribution in [-0.2, 0) is 11.3 Å². The van der Waals surface area contributed by atoms with Crippen LogP contribution in [0.1, 0.15) is 25.8 Å². The van der Waals surface area contributed by atoms with E-state index in [9.17, 15) is 9.59 Å². The largest absolute Gasteiger partial charge is 0.496 e. The molecule has 3 N–H and O–H groups in total. The molecule has 2 amide bonds. The number of anilines is 2. The van der Waals surface area contributed by atoms with Crippen LogP contribution in [0.4, 0.5) is 16.3 Å². The molecule has 0 radical (unpaired) electrons. The Labute approximate surface area is 206 Å². The first-order chi connectivity index (χ1) is 16.8. The van der Waals surface area contributed by atoms with Crippen molar-refractivity contribution in [3.8, 4) is 16.9 Å². The standard InChI is InChI=1S/C27H32N4O4/c1-18(2)14-23(30-27(33)34)26(32)29-21-10-11-22(24(16-21)35-4)20-12-13-28-25(15-20)31(3)17-19-8-6-5-7-9-19/h5-13,15-16,18,23,30H,14,17H2,1-4H3,(H,29,32)(H,33,34). The number of hydrogen-bond donors (Lipinski definition) is 3. The van der Waals surface area contributed by atoms with Crippen molar-refractivity contribution >= 4 is 23.5 Å². The van der Waals surface area contributed by atoms with Gasteiger partial charge >= 0.3 is 6.09 Å². The number of aromatic nitrogens is 1. The van der Waals surface area contributed by atoms with Crippen LogP contribution in [0.5, 0.6) is 5.75 Å². The Hall–Kier alpha value is -4.07. The zero-order valence-corrected chi connectivity index (χ0v) is 20.5. The molecule has 3 rings (SSSR count). The molecule has 0 fully saturated rings. The van der Waals surface area contributed by atoms with Crippen LogP contribution >= 0.6 is 0 Å². The molecule has 0 aliphatic rings. The average Bonchev–Trinajstić information content (AvgIpc) is 2.83. The van der Waals surface area contributed by atoms with Gasteiger partial charge in [-0.25, -0.2) is 9.78 Å². The van der Waals surface area contributed by atoms with Crippen LogP contribution in [0.15, 0.2) is 66.9 Å². The highest BCUT2D eigenvalue weighted by atomic mass is 16.5. The highest BCUT2D eigenvalue weighted by Gasteiger charge is 2.22. The minimum absolute atomic E-state index is 0.149. The molecule has 0 saturated heterocycles. The van der Waals surface area contributed by atoms with Crippen LogP contribution in [0.25, 0.3) is 11.1 Å². The number of methoxy groups -OCH3 is 1. The number of hydrogen-bond acceptors (Lipinski definition) is 5. The zero-order valence-electron chi connectivity index (χ0n) is 20.5. The molecule has 0 aliphatic heterocycles. The fourth-order valence-corrected chi connectivity index (χ4v) is 3.82. The van der Waals surface area contributed by atoms with Crippen LogP contribution in [-0.4, -0.2) is 42.3 Å². The van der Waals surface area contributed by atoms with E-state index in [1.165, 1.54) is 5.56 Å². The van der Waals surface area contributed by atoms with Gasteiger partial charge in [-0.05, 0) is 47.7 Å². The smallest absolute Gasteiger partial charge is 0.405 e. The van der Waals surface area contributed by atoms with Crippen molar-refractivity contribution in [3.05, 3.63) is 72.4 Å². The highest BCUT2D eigenvalue weighted by molar-refractivity contribution is 5.97. The van der Waals surface area contributed by atoms with Crippen molar-refractivity contribution in [2.45, 2.75) is 32.9 Å². The molecule has 184 valence electrons. The van der Waals surface area contributed by atoms with Gasteiger partial charge in [-0.1, -0.05) is 44.2 Å².